The van der Waals surface area contributed by atoms with Gasteiger partial charge in [-0.2, -0.15) is 0 Å². The Balaban J connectivity index is 2.42. The molecule has 1 fully saturated rings. The summed E-state index contributed by atoms with van der Waals surface area (Å²) in [4.78, 5) is 15.3. The molecule has 1 aromatic carbocycles. The van der Waals surface area contributed by atoms with E-state index in [1.54, 1.807) is 0 Å². The van der Waals surface area contributed by atoms with E-state index in [-0.39, 0.29) is 5.78 Å². The third kappa shape index (κ3) is 2.46. The summed E-state index contributed by atoms with van der Waals surface area (Å²) in [6.07, 6.45) is 2.31. The zero-order valence-electron chi connectivity index (χ0n) is 11.1. The number of Topliss-reactive ketones (excluding diaryl/α,β-unsaturated/α-hetero) is 1. The van der Waals surface area contributed by atoms with Crippen LogP contribution in [0.15, 0.2) is 23.3 Å². The van der Waals surface area contributed by atoms with Crippen LogP contribution in [0.1, 0.15) is 37.3 Å². The minimum absolute atomic E-state index is 0.0123. The molecule has 0 radical (unpaired) electrons. The van der Waals surface area contributed by atoms with Crippen LogP contribution in [0, 0.1) is 6.92 Å². The van der Waals surface area contributed by atoms with E-state index in [1.165, 1.54) is 0 Å². The van der Waals surface area contributed by atoms with Crippen molar-refractivity contribution in [3.63, 3.8) is 0 Å². The highest BCUT2D eigenvalue weighted by molar-refractivity contribution is 6.31. The van der Waals surface area contributed by atoms with Crippen molar-refractivity contribution in [1.29, 1.82) is 0 Å². The van der Waals surface area contributed by atoms with Crippen molar-refractivity contribution in [1.82, 2.24) is 0 Å². The van der Waals surface area contributed by atoms with E-state index in [1.807, 2.05) is 32.0 Å². The molecule has 0 bridgehead atoms. The van der Waals surface area contributed by atoms with Gasteiger partial charge in [0.1, 0.15) is 0 Å². The highest BCUT2D eigenvalue weighted by Gasteiger charge is 2.41. The number of benzene rings is 1. The predicted octanol–water partition coefficient (Wildman–Crippen LogP) is 4.34. The number of aryl methyl sites for hydroxylation is 1. The summed E-state index contributed by atoms with van der Waals surface area (Å²) in [6.45, 7) is 3.85. The monoisotopic (exact) mass is 277 g/mol. The number of hydrogen-bond acceptors (Lipinski definition) is 2. The number of ketones is 1. The lowest BCUT2D eigenvalue weighted by molar-refractivity contribution is -0.127. The van der Waals surface area contributed by atoms with Crippen LogP contribution in [-0.2, 0) is 10.2 Å². The minimum atomic E-state index is -0.577. The Kier molecular flexibility index (Phi) is 3.83. The molecule has 19 heavy (non-hydrogen) atoms. The van der Waals surface area contributed by atoms with Gasteiger partial charge >= 0.3 is 0 Å². The van der Waals surface area contributed by atoms with Gasteiger partial charge in [-0.3, -0.25) is 4.79 Å². The Labute approximate surface area is 117 Å². The van der Waals surface area contributed by atoms with E-state index in [9.17, 15) is 4.79 Å². The number of nitrogens with zero attached hydrogens (tertiary/aromatic N) is 3. The fourth-order valence-electron chi connectivity index (χ4n) is 2.72. The first-order chi connectivity index (χ1) is 8.99. The fraction of sp³-hybridized carbons (Fsp3) is 0.500. The van der Waals surface area contributed by atoms with E-state index in [2.05, 4.69) is 10.0 Å². The SMILES string of the molecule is Cc1cc(C2(C)CCCC(N=[N+]=[N-])C2=O)ccc1Cl. The van der Waals surface area contributed by atoms with Gasteiger partial charge in [-0.1, -0.05) is 35.3 Å². The van der Waals surface area contributed by atoms with Gasteiger partial charge in [0.2, 0.25) is 0 Å². The molecule has 0 heterocycles. The van der Waals surface area contributed by atoms with Gasteiger partial charge in [0.05, 0.1) is 11.5 Å². The molecule has 5 heteroatoms. The standard InChI is InChI=1S/C14H16ClN3O/c1-9-8-10(5-6-11(9)15)14(2)7-3-4-12(13(14)19)17-18-16/h5-6,8,12H,3-4,7H2,1-2H3. The van der Waals surface area contributed by atoms with Crippen molar-refractivity contribution >= 4 is 17.4 Å². The van der Waals surface area contributed by atoms with Gasteiger partial charge in [0.25, 0.3) is 0 Å². The van der Waals surface area contributed by atoms with Crippen molar-refractivity contribution in [3.8, 4) is 0 Å². The summed E-state index contributed by atoms with van der Waals surface area (Å²) >= 11 is 6.03. The van der Waals surface area contributed by atoms with Crippen molar-refractivity contribution in [2.75, 3.05) is 0 Å². The Morgan fingerprint density at radius 2 is 2.26 bits per heavy atom. The summed E-state index contributed by atoms with van der Waals surface area (Å²) in [5, 5.41) is 4.33. The van der Waals surface area contributed by atoms with Gasteiger partial charge in [-0.15, -0.1) is 0 Å². The summed E-state index contributed by atoms with van der Waals surface area (Å²) in [5.41, 5.74) is 9.88. The summed E-state index contributed by atoms with van der Waals surface area (Å²) in [6, 6.07) is 5.13. The fourth-order valence-corrected chi connectivity index (χ4v) is 2.84. The molecule has 1 aliphatic carbocycles. The molecule has 0 aliphatic heterocycles. The molecule has 1 saturated carbocycles. The maximum atomic E-state index is 12.5. The van der Waals surface area contributed by atoms with E-state index in [0.29, 0.717) is 11.4 Å². The summed E-state index contributed by atoms with van der Waals surface area (Å²) < 4.78 is 0. The molecule has 4 nitrogen and oxygen atoms in total. The molecular formula is C14H16ClN3O. The molecule has 0 aromatic heterocycles. The highest BCUT2D eigenvalue weighted by Crippen LogP contribution is 2.38. The number of halogens is 1. The molecule has 1 aliphatic rings. The third-order valence-corrected chi connectivity index (χ3v) is 4.41. The molecule has 0 amide bonds. The maximum absolute atomic E-state index is 12.5. The second kappa shape index (κ2) is 5.24. The van der Waals surface area contributed by atoms with E-state index >= 15 is 0 Å². The first-order valence-electron chi connectivity index (χ1n) is 6.34. The molecular weight excluding hydrogens is 262 g/mol. The average Bonchev–Trinajstić information content (AvgIpc) is 2.38. The Morgan fingerprint density at radius 3 is 2.89 bits per heavy atom. The second-order valence-electron chi connectivity index (χ2n) is 5.27. The third-order valence-electron chi connectivity index (χ3n) is 3.99. The summed E-state index contributed by atoms with van der Waals surface area (Å²) in [7, 11) is 0. The number of azide groups is 1. The maximum Gasteiger partial charge on any atom is 0.152 e. The van der Waals surface area contributed by atoms with Gasteiger partial charge < -0.3 is 0 Å². The zero-order chi connectivity index (χ0) is 14.0. The quantitative estimate of drug-likeness (QED) is 0.450. The van der Waals surface area contributed by atoms with Crippen LogP contribution in [0.5, 0.6) is 0 Å². The van der Waals surface area contributed by atoms with Gasteiger partial charge in [0.15, 0.2) is 5.78 Å². The van der Waals surface area contributed by atoms with E-state index in [0.717, 1.165) is 24.0 Å². The van der Waals surface area contributed by atoms with Gasteiger partial charge in [0, 0.05) is 9.93 Å². The Hall–Kier alpha value is -1.51. The summed E-state index contributed by atoms with van der Waals surface area (Å²) in [5.74, 6) is 0.0123. The Bertz CT molecular complexity index is 566. The van der Waals surface area contributed by atoms with Crippen LogP contribution in [0.4, 0.5) is 0 Å². The molecule has 0 saturated heterocycles. The average molecular weight is 278 g/mol. The molecule has 0 spiro atoms. The van der Waals surface area contributed by atoms with Crippen molar-refractivity contribution < 1.29 is 4.79 Å². The zero-order valence-corrected chi connectivity index (χ0v) is 11.8. The van der Waals surface area contributed by atoms with Crippen LogP contribution < -0.4 is 0 Å². The lowest BCUT2D eigenvalue weighted by Crippen LogP contribution is -2.43. The van der Waals surface area contributed by atoms with Crippen LogP contribution in [0.25, 0.3) is 10.4 Å². The Morgan fingerprint density at radius 1 is 1.53 bits per heavy atom. The first-order valence-corrected chi connectivity index (χ1v) is 6.72. The first kappa shape index (κ1) is 13.9. The normalized spacial score (nSPS) is 26.9. The number of hydrogen-bond donors (Lipinski definition) is 0. The van der Waals surface area contributed by atoms with Crippen molar-refractivity contribution in [2.45, 2.75) is 44.6 Å². The predicted molar refractivity (Wildman–Crippen MR) is 75.3 cm³/mol. The van der Waals surface area contributed by atoms with Crippen molar-refractivity contribution in [3.05, 3.63) is 44.8 Å². The number of carbonyl (C=O) groups is 1. The lowest BCUT2D eigenvalue weighted by Gasteiger charge is -2.35. The topological polar surface area (TPSA) is 65.8 Å². The molecule has 1 aromatic rings. The second-order valence-corrected chi connectivity index (χ2v) is 5.68. The smallest absolute Gasteiger partial charge is 0.152 e. The largest absolute Gasteiger partial charge is 0.298 e. The van der Waals surface area contributed by atoms with Gasteiger partial charge in [-0.05, 0) is 49.4 Å². The molecule has 2 unspecified atom stereocenters. The van der Waals surface area contributed by atoms with Crippen LogP contribution in [0.3, 0.4) is 0 Å². The molecule has 2 atom stereocenters. The number of rotatable bonds is 2. The number of carbonyl (C=O) groups excluding carboxylic acids is 1. The molecule has 100 valence electrons. The van der Waals surface area contributed by atoms with E-state index < -0.39 is 11.5 Å². The van der Waals surface area contributed by atoms with Gasteiger partial charge in [-0.25, -0.2) is 0 Å². The van der Waals surface area contributed by atoms with E-state index in [4.69, 9.17) is 17.1 Å². The lowest BCUT2D eigenvalue weighted by atomic mass is 9.68. The van der Waals surface area contributed by atoms with Crippen LogP contribution in [0.2, 0.25) is 5.02 Å². The van der Waals surface area contributed by atoms with Crippen LogP contribution in [-0.4, -0.2) is 11.8 Å². The highest BCUT2D eigenvalue weighted by atomic mass is 35.5. The molecule has 2 rings (SSSR count). The van der Waals surface area contributed by atoms with Crippen LogP contribution >= 0.6 is 11.6 Å². The minimum Gasteiger partial charge on any atom is -0.298 e. The molecule has 0 N–H and O–H groups in total. The van der Waals surface area contributed by atoms with Crippen molar-refractivity contribution in [2.24, 2.45) is 5.11 Å².